The van der Waals surface area contributed by atoms with Crippen molar-refractivity contribution in [1.29, 1.82) is 0 Å². The van der Waals surface area contributed by atoms with Gasteiger partial charge in [-0.1, -0.05) is 0 Å². The van der Waals surface area contributed by atoms with E-state index in [9.17, 15) is 4.79 Å². The Labute approximate surface area is 132 Å². The molecule has 2 fully saturated rings. The summed E-state index contributed by atoms with van der Waals surface area (Å²) >= 11 is 0. The summed E-state index contributed by atoms with van der Waals surface area (Å²) in [7, 11) is 1.70. The fourth-order valence-electron chi connectivity index (χ4n) is 3.54. The molecule has 1 N–H and O–H groups in total. The smallest absolute Gasteiger partial charge is 0.227 e. The summed E-state index contributed by atoms with van der Waals surface area (Å²) in [4.78, 5) is 16.2. The van der Waals surface area contributed by atoms with E-state index in [2.05, 4.69) is 30.1 Å². The summed E-state index contributed by atoms with van der Waals surface area (Å²) in [6.45, 7) is 7.10. The number of hydrogen-bond acceptors (Lipinski definition) is 4. The Morgan fingerprint density at radius 1 is 1.23 bits per heavy atom. The monoisotopic (exact) mass is 303 g/mol. The second kappa shape index (κ2) is 6.16. The SMILES string of the molecule is COc1ccc(N2CCCC2=O)cc1N1C[C@@H](C)N[C@@H](C)C1. The van der Waals surface area contributed by atoms with Crippen LogP contribution in [0.4, 0.5) is 11.4 Å². The van der Waals surface area contributed by atoms with E-state index in [1.165, 1.54) is 0 Å². The number of nitrogens with one attached hydrogen (secondary N) is 1. The van der Waals surface area contributed by atoms with Crippen LogP contribution in [0.5, 0.6) is 5.75 Å². The Morgan fingerprint density at radius 2 is 1.95 bits per heavy atom. The minimum absolute atomic E-state index is 0.221. The van der Waals surface area contributed by atoms with E-state index >= 15 is 0 Å². The number of piperazine rings is 1. The molecule has 120 valence electrons. The van der Waals surface area contributed by atoms with Crippen molar-refractivity contribution in [2.24, 2.45) is 0 Å². The first kappa shape index (κ1) is 15.2. The Kier molecular flexibility index (Phi) is 4.25. The molecule has 0 radical (unpaired) electrons. The van der Waals surface area contributed by atoms with Crippen molar-refractivity contribution in [2.75, 3.05) is 36.5 Å². The van der Waals surface area contributed by atoms with E-state index in [-0.39, 0.29) is 5.91 Å². The molecule has 0 aliphatic carbocycles. The van der Waals surface area contributed by atoms with Crippen molar-refractivity contribution in [3.8, 4) is 5.75 Å². The predicted octanol–water partition coefficient (Wildman–Crippen LogP) is 2.01. The Hall–Kier alpha value is -1.75. The number of ether oxygens (including phenoxy) is 1. The average Bonchev–Trinajstić information content (AvgIpc) is 2.91. The molecule has 0 aromatic heterocycles. The van der Waals surface area contributed by atoms with E-state index in [0.717, 1.165) is 43.2 Å². The summed E-state index contributed by atoms with van der Waals surface area (Å²) in [5, 5.41) is 3.55. The minimum Gasteiger partial charge on any atom is -0.495 e. The van der Waals surface area contributed by atoms with Gasteiger partial charge in [0.1, 0.15) is 5.75 Å². The van der Waals surface area contributed by atoms with Crippen LogP contribution in [0.1, 0.15) is 26.7 Å². The number of carbonyl (C=O) groups excluding carboxylic acids is 1. The number of nitrogens with zero attached hydrogens (tertiary/aromatic N) is 2. The van der Waals surface area contributed by atoms with Gasteiger partial charge >= 0.3 is 0 Å². The zero-order valence-corrected chi connectivity index (χ0v) is 13.6. The zero-order chi connectivity index (χ0) is 15.7. The highest BCUT2D eigenvalue weighted by atomic mass is 16.5. The van der Waals surface area contributed by atoms with Crippen molar-refractivity contribution < 1.29 is 9.53 Å². The van der Waals surface area contributed by atoms with Gasteiger partial charge in [-0.2, -0.15) is 0 Å². The third-order valence-corrected chi connectivity index (χ3v) is 4.45. The molecule has 0 unspecified atom stereocenters. The van der Waals surface area contributed by atoms with Gasteiger partial charge in [0.05, 0.1) is 12.8 Å². The van der Waals surface area contributed by atoms with Crippen LogP contribution in [0.2, 0.25) is 0 Å². The molecule has 3 rings (SSSR count). The molecular formula is C17H25N3O2. The summed E-state index contributed by atoms with van der Waals surface area (Å²) in [6, 6.07) is 6.94. The van der Waals surface area contributed by atoms with Crippen molar-refractivity contribution in [2.45, 2.75) is 38.8 Å². The summed E-state index contributed by atoms with van der Waals surface area (Å²) in [5.41, 5.74) is 2.07. The number of carbonyl (C=O) groups is 1. The quantitative estimate of drug-likeness (QED) is 0.928. The molecule has 1 aromatic rings. The van der Waals surface area contributed by atoms with E-state index in [4.69, 9.17) is 4.74 Å². The van der Waals surface area contributed by atoms with Crippen molar-refractivity contribution >= 4 is 17.3 Å². The molecule has 2 saturated heterocycles. The van der Waals surface area contributed by atoms with Gasteiger partial charge in [-0.15, -0.1) is 0 Å². The van der Waals surface area contributed by atoms with Crippen LogP contribution in [0, 0.1) is 0 Å². The molecule has 22 heavy (non-hydrogen) atoms. The lowest BCUT2D eigenvalue weighted by Crippen LogP contribution is -2.54. The van der Waals surface area contributed by atoms with Gasteiger partial charge in [0.25, 0.3) is 0 Å². The maximum Gasteiger partial charge on any atom is 0.227 e. The van der Waals surface area contributed by atoms with Gasteiger partial charge in [-0.25, -0.2) is 0 Å². The zero-order valence-electron chi connectivity index (χ0n) is 13.6. The van der Waals surface area contributed by atoms with Crippen LogP contribution in [-0.4, -0.2) is 44.7 Å². The third kappa shape index (κ3) is 2.90. The lowest BCUT2D eigenvalue weighted by molar-refractivity contribution is -0.117. The van der Waals surface area contributed by atoms with Crippen LogP contribution in [-0.2, 0) is 4.79 Å². The van der Waals surface area contributed by atoms with E-state index in [0.29, 0.717) is 18.5 Å². The Morgan fingerprint density at radius 3 is 2.55 bits per heavy atom. The average molecular weight is 303 g/mol. The van der Waals surface area contributed by atoms with Gasteiger partial charge in [0.2, 0.25) is 5.91 Å². The Balaban J connectivity index is 1.92. The van der Waals surface area contributed by atoms with Gasteiger partial charge in [0.15, 0.2) is 0 Å². The molecule has 2 atom stereocenters. The van der Waals surface area contributed by atoms with Gasteiger partial charge < -0.3 is 19.9 Å². The highest BCUT2D eigenvalue weighted by Gasteiger charge is 2.26. The second-order valence-corrected chi connectivity index (χ2v) is 6.38. The molecule has 1 amide bonds. The van der Waals surface area contributed by atoms with Crippen LogP contribution in [0.15, 0.2) is 18.2 Å². The van der Waals surface area contributed by atoms with Crippen LogP contribution in [0.3, 0.4) is 0 Å². The molecule has 2 aliphatic heterocycles. The van der Waals surface area contributed by atoms with Gasteiger partial charge in [0, 0.05) is 43.8 Å². The van der Waals surface area contributed by atoms with Crippen molar-refractivity contribution in [1.82, 2.24) is 5.32 Å². The first-order chi connectivity index (χ1) is 10.6. The van der Waals surface area contributed by atoms with Gasteiger partial charge in [-0.05, 0) is 38.5 Å². The maximum absolute atomic E-state index is 12.0. The number of anilines is 2. The first-order valence-corrected chi connectivity index (χ1v) is 8.08. The molecular weight excluding hydrogens is 278 g/mol. The standard InChI is InChI=1S/C17H25N3O2/c1-12-10-19(11-13(2)18-12)15-9-14(6-7-16(15)22-3)20-8-4-5-17(20)21/h6-7,9,12-13,18H,4-5,8,10-11H2,1-3H3/t12-,13+. The maximum atomic E-state index is 12.0. The lowest BCUT2D eigenvalue weighted by Gasteiger charge is -2.38. The number of benzene rings is 1. The van der Waals surface area contributed by atoms with E-state index in [1.807, 2.05) is 17.0 Å². The second-order valence-electron chi connectivity index (χ2n) is 6.38. The number of rotatable bonds is 3. The van der Waals surface area contributed by atoms with Crippen LogP contribution >= 0.6 is 0 Å². The predicted molar refractivity (Wildman–Crippen MR) is 88.9 cm³/mol. The lowest BCUT2D eigenvalue weighted by atomic mass is 10.1. The van der Waals surface area contributed by atoms with Crippen LogP contribution in [0.25, 0.3) is 0 Å². The first-order valence-electron chi connectivity index (χ1n) is 8.08. The highest BCUT2D eigenvalue weighted by molar-refractivity contribution is 5.96. The highest BCUT2D eigenvalue weighted by Crippen LogP contribution is 2.35. The van der Waals surface area contributed by atoms with E-state index < -0.39 is 0 Å². The Bertz CT molecular complexity index is 551. The molecule has 2 aliphatic rings. The molecule has 5 nitrogen and oxygen atoms in total. The van der Waals surface area contributed by atoms with Gasteiger partial charge in [-0.3, -0.25) is 4.79 Å². The van der Waals surface area contributed by atoms with Crippen LogP contribution < -0.4 is 19.9 Å². The fourth-order valence-corrected chi connectivity index (χ4v) is 3.54. The largest absolute Gasteiger partial charge is 0.495 e. The van der Waals surface area contributed by atoms with Crippen molar-refractivity contribution in [3.63, 3.8) is 0 Å². The minimum atomic E-state index is 0.221. The molecule has 0 bridgehead atoms. The number of hydrogen-bond donors (Lipinski definition) is 1. The third-order valence-electron chi connectivity index (χ3n) is 4.45. The molecule has 2 heterocycles. The molecule has 0 spiro atoms. The number of amides is 1. The summed E-state index contributed by atoms with van der Waals surface area (Å²) in [5.74, 6) is 1.09. The molecule has 1 aromatic carbocycles. The van der Waals surface area contributed by atoms with E-state index in [1.54, 1.807) is 7.11 Å². The number of methoxy groups -OCH3 is 1. The fraction of sp³-hybridized carbons (Fsp3) is 0.588. The summed E-state index contributed by atoms with van der Waals surface area (Å²) in [6.07, 6.45) is 1.60. The summed E-state index contributed by atoms with van der Waals surface area (Å²) < 4.78 is 5.55. The molecule has 5 heteroatoms. The molecule has 0 saturated carbocycles. The topological polar surface area (TPSA) is 44.8 Å². The normalized spacial score (nSPS) is 25.7. The van der Waals surface area contributed by atoms with Crippen molar-refractivity contribution in [3.05, 3.63) is 18.2 Å².